The van der Waals surface area contributed by atoms with Gasteiger partial charge in [0, 0.05) is 0 Å². The minimum Gasteiger partial charge on any atom is -0.467 e. The van der Waals surface area contributed by atoms with Crippen LogP contribution >= 0.6 is 0 Å². The lowest BCUT2D eigenvalue weighted by Gasteiger charge is -2.16. The highest BCUT2D eigenvalue weighted by Crippen LogP contribution is 2.10. The molecule has 1 rings (SSSR count). The molecule has 1 aromatic heterocycles. The standard InChI is InChI=1S/C9H12N4O4/c1-4-5-17-9(14)13(16-3)7-10-6-11-8(12-7)15-2/h4,6H,1,5H2,2-3H3. The number of hydrogen-bond acceptors (Lipinski definition) is 7. The summed E-state index contributed by atoms with van der Waals surface area (Å²) in [5.74, 6) is -0.0339. The molecule has 0 aliphatic carbocycles. The van der Waals surface area contributed by atoms with E-state index in [0.717, 1.165) is 5.06 Å². The van der Waals surface area contributed by atoms with E-state index in [1.165, 1.54) is 26.6 Å². The zero-order valence-corrected chi connectivity index (χ0v) is 9.49. The van der Waals surface area contributed by atoms with Crippen LogP contribution in [0.25, 0.3) is 0 Å². The Hall–Kier alpha value is -2.22. The van der Waals surface area contributed by atoms with Crippen molar-refractivity contribution in [2.24, 2.45) is 0 Å². The van der Waals surface area contributed by atoms with Gasteiger partial charge < -0.3 is 9.47 Å². The monoisotopic (exact) mass is 240 g/mol. The van der Waals surface area contributed by atoms with Crippen molar-refractivity contribution in [3.8, 4) is 6.01 Å². The van der Waals surface area contributed by atoms with Gasteiger partial charge in [-0.15, -0.1) is 5.06 Å². The van der Waals surface area contributed by atoms with Crippen LogP contribution in [0.4, 0.5) is 10.7 Å². The molecule has 1 amide bonds. The fourth-order valence-electron chi connectivity index (χ4n) is 0.896. The molecular formula is C9H12N4O4. The Morgan fingerprint density at radius 1 is 1.53 bits per heavy atom. The lowest BCUT2D eigenvalue weighted by molar-refractivity contribution is 0.105. The maximum atomic E-state index is 11.5. The molecule has 0 aromatic carbocycles. The molecule has 0 bridgehead atoms. The lowest BCUT2D eigenvalue weighted by atomic mass is 10.7. The van der Waals surface area contributed by atoms with Crippen LogP contribution < -0.4 is 9.80 Å². The van der Waals surface area contributed by atoms with Crippen LogP contribution in [0.1, 0.15) is 0 Å². The van der Waals surface area contributed by atoms with Crippen molar-refractivity contribution in [3.63, 3.8) is 0 Å². The van der Waals surface area contributed by atoms with E-state index in [0.29, 0.717) is 0 Å². The first kappa shape index (κ1) is 12.8. The van der Waals surface area contributed by atoms with Crippen molar-refractivity contribution in [1.29, 1.82) is 0 Å². The SMILES string of the molecule is C=CCOC(=O)N(OC)c1ncnc(OC)n1. The number of carbonyl (C=O) groups excluding carboxylic acids is 1. The zero-order chi connectivity index (χ0) is 12.7. The van der Waals surface area contributed by atoms with Crippen LogP contribution in [0.2, 0.25) is 0 Å². The van der Waals surface area contributed by atoms with Crippen molar-refractivity contribution < 1.29 is 19.1 Å². The first-order valence-electron chi connectivity index (χ1n) is 4.57. The highest BCUT2D eigenvalue weighted by atomic mass is 16.7. The third-order valence-corrected chi connectivity index (χ3v) is 1.57. The van der Waals surface area contributed by atoms with E-state index in [2.05, 4.69) is 21.5 Å². The van der Waals surface area contributed by atoms with E-state index in [9.17, 15) is 4.79 Å². The fourth-order valence-corrected chi connectivity index (χ4v) is 0.896. The van der Waals surface area contributed by atoms with E-state index < -0.39 is 6.09 Å². The highest BCUT2D eigenvalue weighted by Gasteiger charge is 2.20. The minimum atomic E-state index is -0.763. The molecular weight excluding hydrogens is 228 g/mol. The van der Waals surface area contributed by atoms with Gasteiger partial charge in [-0.05, 0) is 0 Å². The number of amides is 1. The number of ether oxygens (including phenoxy) is 2. The summed E-state index contributed by atoms with van der Waals surface area (Å²) in [6.45, 7) is 3.48. The second-order valence-electron chi connectivity index (χ2n) is 2.61. The quantitative estimate of drug-likeness (QED) is 0.549. The summed E-state index contributed by atoms with van der Waals surface area (Å²) in [5.41, 5.74) is 0. The number of carbonyl (C=O) groups is 1. The van der Waals surface area contributed by atoms with Crippen LogP contribution in [0.15, 0.2) is 19.0 Å². The molecule has 0 unspecified atom stereocenters. The van der Waals surface area contributed by atoms with Gasteiger partial charge in [-0.1, -0.05) is 12.7 Å². The third-order valence-electron chi connectivity index (χ3n) is 1.57. The lowest BCUT2D eigenvalue weighted by Crippen LogP contribution is -2.32. The number of anilines is 1. The number of nitrogens with zero attached hydrogens (tertiary/aromatic N) is 4. The number of hydroxylamine groups is 1. The first-order valence-corrected chi connectivity index (χ1v) is 4.57. The maximum Gasteiger partial charge on any atom is 0.441 e. The second-order valence-corrected chi connectivity index (χ2v) is 2.61. The van der Waals surface area contributed by atoms with Crippen LogP contribution in [-0.4, -0.2) is 41.9 Å². The summed E-state index contributed by atoms with van der Waals surface area (Å²) in [6.07, 6.45) is 1.86. The molecule has 0 spiro atoms. The summed E-state index contributed by atoms with van der Waals surface area (Å²) < 4.78 is 9.57. The smallest absolute Gasteiger partial charge is 0.441 e. The van der Waals surface area contributed by atoms with Crippen LogP contribution in [0, 0.1) is 0 Å². The predicted octanol–water partition coefficient (Wildman–Crippen LogP) is 0.571. The summed E-state index contributed by atoms with van der Waals surface area (Å²) in [7, 11) is 2.68. The van der Waals surface area contributed by atoms with Gasteiger partial charge in [-0.2, -0.15) is 15.0 Å². The molecule has 0 radical (unpaired) electrons. The Kier molecular flexibility index (Phi) is 4.82. The molecule has 8 nitrogen and oxygen atoms in total. The molecule has 0 atom stereocenters. The van der Waals surface area contributed by atoms with Gasteiger partial charge >= 0.3 is 12.1 Å². The summed E-state index contributed by atoms with van der Waals surface area (Å²) in [4.78, 5) is 27.6. The predicted molar refractivity (Wildman–Crippen MR) is 57.4 cm³/mol. The molecule has 8 heteroatoms. The molecule has 0 N–H and O–H groups in total. The molecule has 17 heavy (non-hydrogen) atoms. The molecule has 0 saturated carbocycles. The average Bonchev–Trinajstić information content (AvgIpc) is 2.37. The van der Waals surface area contributed by atoms with Gasteiger partial charge in [0.05, 0.1) is 14.2 Å². The third kappa shape index (κ3) is 3.38. The van der Waals surface area contributed by atoms with Gasteiger partial charge in [0.25, 0.3) is 5.95 Å². The average molecular weight is 240 g/mol. The molecule has 1 aromatic rings. The Morgan fingerprint density at radius 2 is 2.29 bits per heavy atom. The Balaban J connectivity index is 2.84. The normalized spacial score (nSPS) is 9.53. The summed E-state index contributed by atoms with van der Waals surface area (Å²) >= 11 is 0. The van der Waals surface area contributed by atoms with E-state index in [1.807, 2.05) is 0 Å². The molecule has 0 saturated heterocycles. The number of aromatic nitrogens is 3. The van der Waals surface area contributed by atoms with E-state index >= 15 is 0 Å². The molecule has 0 aliphatic heterocycles. The van der Waals surface area contributed by atoms with Crippen molar-refractivity contribution in [1.82, 2.24) is 15.0 Å². The Bertz CT molecular complexity index is 398. The van der Waals surface area contributed by atoms with Crippen molar-refractivity contribution >= 4 is 12.0 Å². The second kappa shape index (κ2) is 6.38. The number of rotatable bonds is 5. The highest BCUT2D eigenvalue weighted by molar-refractivity contribution is 5.82. The fraction of sp³-hybridized carbons (Fsp3) is 0.333. The van der Waals surface area contributed by atoms with Gasteiger partial charge in [0.1, 0.15) is 12.9 Å². The van der Waals surface area contributed by atoms with Crippen molar-refractivity contribution in [3.05, 3.63) is 19.0 Å². The van der Waals surface area contributed by atoms with Crippen LogP contribution in [0.3, 0.4) is 0 Å². The zero-order valence-electron chi connectivity index (χ0n) is 9.49. The Morgan fingerprint density at radius 3 is 2.88 bits per heavy atom. The topological polar surface area (TPSA) is 86.7 Å². The van der Waals surface area contributed by atoms with E-state index in [-0.39, 0.29) is 18.6 Å². The van der Waals surface area contributed by atoms with E-state index in [1.54, 1.807) is 0 Å². The Labute approximate surface area is 97.8 Å². The molecule has 92 valence electrons. The largest absolute Gasteiger partial charge is 0.467 e. The molecule has 1 heterocycles. The van der Waals surface area contributed by atoms with Crippen LogP contribution in [-0.2, 0) is 9.57 Å². The van der Waals surface area contributed by atoms with Gasteiger partial charge in [0.2, 0.25) is 0 Å². The summed E-state index contributed by atoms with van der Waals surface area (Å²) in [5, 5.41) is 0.772. The van der Waals surface area contributed by atoms with Crippen LogP contribution in [0.5, 0.6) is 6.01 Å². The molecule has 0 fully saturated rings. The number of methoxy groups -OCH3 is 1. The maximum absolute atomic E-state index is 11.5. The molecule has 0 aliphatic rings. The minimum absolute atomic E-state index is 0.0339. The van der Waals surface area contributed by atoms with Crippen molar-refractivity contribution in [2.45, 2.75) is 0 Å². The number of hydrogen-bond donors (Lipinski definition) is 0. The van der Waals surface area contributed by atoms with Crippen molar-refractivity contribution in [2.75, 3.05) is 25.9 Å². The van der Waals surface area contributed by atoms with Gasteiger partial charge in [-0.25, -0.2) is 4.79 Å². The van der Waals surface area contributed by atoms with E-state index in [4.69, 9.17) is 14.3 Å². The van der Waals surface area contributed by atoms with Gasteiger partial charge in [0.15, 0.2) is 0 Å². The summed E-state index contributed by atoms with van der Waals surface area (Å²) in [6, 6.07) is 0.0635. The first-order chi connectivity index (χ1) is 8.22. The van der Waals surface area contributed by atoms with Gasteiger partial charge in [-0.3, -0.25) is 4.84 Å².